The van der Waals surface area contributed by atoms with Crippen molar-refractivity contribution in [3.8, 4) is 23.1 Å². The lowest BCUT2D eigenvalue weighted by Crippen LogP contribution is -2.36. The Labute approximate surface area is 206 Å². The van der Waals surface area contributed by atoms with E-state index in [9.17, 15) is 0 Å². The minimum absolute atomic E-state index is 0. The SMILES string of the molecule is COc1cccc(OC)c1Oc1ccc(CN=C(NCc2ccccc2)N(C)C)cn1.I. The Morgan fingerprint density at radius 2 is 1.59 bits per heavy atom. The van der Waals surface area contributed by atoms with E-state index in [-0.39, 0.29) is 24.0 Å². The second-order valence-electron chi connectivity index (χ2n) is 6.97. The number of pyridine rings is 1. The van der Waals surface area contributed by atoms with Crippen molar-refractivity contribution in [2.24, 2.45) is 4.99 Å². The summed E-state index contributed by atoms with van der Waals surface area (Å²) in [5.41, 5.74) is 2.17. The van der Waals surface area contributed by atoms with Gasteiger partial charge in [-0.2, -0.15) is 0 Å². The molecule has 8 heteroatoms. The molecule has 3 rings (SSSR count). The Morgan fingerprint density at radius 1 is 0.906 bits per heavy atom. The van der Waals surface area contributed by atoms with Gasteiger partial charge in [0.05, 0.1) is 20.8 Å². The highest BCUT2D eigenvalue weighted by Crippen LogP contribution is 2.39. The molecular formula is C24H29IN4O3. The lowest BCUT2D eigenvalue weighted by atomic mass is 10.2. The first-order valence-electron chi connectivity index (χ1n) is 9.94. The molecule has 0 saturated carbocycles. The number of hydrogen-bond donors (Lipinski definition) is 1. The van der Waals surface area contributed by atoms with E-state index in [1.807, 2.05) is 67.5 Å². The maximum absolute atomic E-state index is 5.91. The third-order valence-corrected chi connectivity index (χ3v) is 4.52. The van der Waals surface area contributed by atoms with E-state index in [2.05, 4.69) is 27.4 Å². The van der Waals surface area contributed by atoms with Crippen molar-refractivity contribution in [3.63, 3.8) is 0 Å². The van der Waals surface area contributed by atoms with Gasteiger partial charge < -0.3 is 24.4 Å². The zero-order valence-electron chi connectivity index (χ0n) is 18.7. The highest BCUT2D eigenvalue weighted by Gasteiger charge is 2.13. The maximum Gasteiger partial charge on any atom is 0.219 e. The molecule has 0 aliphatic heterocycles. The quantitative estimate of drug-likeness (QED) is 0.250. The number of aliphatic imine (C=N–C) groups is 1. The molecule has 1 N–H and O–H groups in total. The summed E-state index contributed by atoms with van der Waals surface area (Å²) in [6.07, 6.45) is 1.76. The first-order valence-corrected chi connectivity index (χ1v) is 9.94. The fourth-order valence-corrected chi connectivity index (χ4v) is 2.89. The molecule has 170 valence electrons. The summed E-state index contributed by atoms with van der Waals surface area (Å²) in [6.45, 7) is 1.21. The lowest BCUT2D eigenvalue weighted by Gasteiger charge is -2.17. The van der Waals surface area contributed by atoms with E-state index in [0.717, 1.165) is 11.5 Å². The van der Waals surface area contributed by atoms with E-state index in [1.54, 1.807) is 20.4 Å². The average molecular weight is 548 g/mol. The van der Waals surface area contributed by atoms with Crippen LogP contribution in [0.5, 0.6) is 23.1 Å². The standard InChI is InChI=1S/C24H28N4O3.HI/c1-28(2)24(26-15-18-9-6-5-7-10-18)27-17-19-13-14-22(25-16-19)31-23-20(29-3)11-8-12-21(23)30-4;/h5-14,16H,15,17H2,1-4H3,(H,26,27);1H. The first kappa shape index (κ1) is 25.3. The molecule has 2 aromatic carbocycles. The third kappa shape index (κ3) is 7.01. The summed E-state index contributed by atoms with van der Waals surface area (Å²) in [5.74, 6) is 2.91. The Bertz CT molecular complexity index is 974. The number of ether oxygens (including phenoxy) is 3. The number of para-hydroxylation sites is 1. The van der Waals surface area contributed by atoms with Crippen molar-refractivity contribution in [1.29, 1.82) is 0 Å². The summed E-state index contributed by atoms with van der Waals surface area (Å²) in [5, 5.41) is 3.38. The van der Waals surface area contributed by atoms with Gasteiger partial charge in [-0.3, -0.25) is 0 Å². The second-order valence-corrected chi connectivity index (χ2v) is 6.97. The van der Waals surface area contributed by atoms with Crippen LogP contribution in [0.3, 0.4) is 0 Å². The van der Waals surface area contributed by atoms with Gasteiger partial charge in [-0.1, -0.05) is 42.5 Å². The number of methoxy groups -OCH3 is 2. The van der Waals surface area contributed by atoms with Crippen LogP contribution in [0.2, 0.25) is 0 Å². The van der Waals surface area contributed by atoms with Gasteiger partial charge in [-0.05, 0) is 23.3 Å². The van der Waals surface area contributed by atoms with Gasteiger partial charge in [0.1, 0.15) is 0 Å². The molecule has 1 aromatic heterocycles. The lowest BCUT2D eigenvalue weighted by molar-refractivity contribution is 0.342. The summed E-state index contributed by atoms with van der Waals surface area (Å²) in [7, 11) is 7.11. The zero-order chi connectivity index (χ0) is 22.1. The predicted molar refractivity (Wildman–Crippen MR) is 137 cm³/mol. The van der Waals surface area contributed by atoms with Crippen LogP contribution in [0.15, 0.2) is 71.9 Å². The summed E-state index contributed by atoms with van der Waals surface area (Å²) >= 11 is 0. The van der Waals surface area contributed by atoms with Crippen molar-refractivity contribution in [2.45, 2.75) is 13.1 Å². The third-order valence-electron chi connectivity index (χ3n) is 4.52. The van der Waals surface area contributed by atoms with Crippen molar-refractivity contribution in [2.75, 3.05) is 28.3 Å². The van der Waals surface area contributed by atoms with Gasteiger partial charge in [-0.15, -0.1) is 24.0 Å². The molecule has 0 atom stereocenters. The van der Waals surface area contributed by atoms with Crippen LogP contribution >= 0.6 is 24.0 Å². The van der Waals surface area contributed by atoms with Crippen LogP contribution in [0, 0.1) is 0 Å². The van der Waals surface area contributed by atoms with E-state index < -0.39 is 0 Å². The number of rotatable bonds is 8. The van der Waals surface area contributed by atoms with Crippen molar-refractivity contribution in [3.05, 3.63) is 78.0 Å². The Balaban J connectivity index is 0.00000363. The molecule has 0 unspecified atom stereocenters. The van der Waals surface area contributed by atoms with Gasteiger partial charge >= 0.3 is 0 Å². The highest BCUT2D eigenvalue weighted by molar-refractivity contribution is 14.0. The number of halogens is 1. The van der Waals surface area contributed by atoms with E-state index in [0.29, 0.717) is 36.2 Å². The minimum Gasteiger partial charge on any atom is -0.493 e. The Kier molecular flexibility index (Phi) is 10.1. The van der Waals surface area contributed by atoms with Crippen molar-refractivity contribution < 1.29 is 14.2 Å². The van der Waals surface area contributed by atoms with Crippen LogP contribution in [-0.4, -0.2) is 44.2 Å². The molecule has 3 aromatic rings. The Morgan fingerprint density at radius 3 is 2.16 bits per heavy atom. The second kappa shape index (κ2) is 12.7. The number of benzene rings is 2. The maximum atomic E-state index is 5.91. The molecule has 0 saturated heterocycles. The highest BCUT2D eigenvalue weighted by atomic mass is 127. The minimum atomic E-state index is 0. The first-order chi connectivity index (χ1) is 15.1. The Hall–Kier alpha value is -3.01. The van der Waals surface area contributed by atoms with Crippen molar-refractivity contribution in [1.82, 2.24) is 15.2 Å². The molecular weight excluding hydrogens is 519 g/mol. The van der Waals surface area contributed by atoms with E-state index in [1.165, 1.54) is 5.56 Å². The van der Waals surface area contributed by atoms with Crippen molar-refractivity contribution >= 4 is 29.9 Å². The number of nitrogens with one attached hydrogen (secondary N) is 1. The van der Waals surface area contributed by atoms with E-state index >= 15 is 0 Å². The molecule has 0 radical (unpaired) electrons. The smallest absolute Gasteiger partial charge is 0.219 e. The largest absolute Gasteiger partial charge is 0.493 e. The van der Waals surface area contributed by atoms with Gasteiger partial charge in [0.2, 0.25) is 11.6 Å². The molecule has 32 heavy (non-hydrogen) atoms. The predicted octanol–water partition coefficient (Wildman–Crippen LogP) is 4.72. The zero-order valence-corrected chi connectivity index (χ0v) is 21.1. The molecule has 0 amide bonds. The molecule has 7 nitrogen and oxygen atoms in total. The molecule has 0 aliphatic carbocycles. The number of aromatic nitrogens is 1. The van der Waals surface area contributed by atoms with Gasteiger partial charge in [0, 0.05) is 32.9 Å². The topological polar surface area (TPSA) is 68.2 Å². The summed E-state index contributed by atoms with van der Waals surface area (Å²) < 4.78 is 16.6. The van der Waals surface area contributed by atoms with Crippen LogP contribution in [0.25, 0.3) is 0 Å². The van der Waals surface area contributed by atoms with Crippen LogP contribution in [-0.2, 0) is 13.1 Å². The fraction of sp³-hybridized carbons (Fsp3) is 0.250. The van der Waals surface area contributed by atoms with Crippen LogP contribution in [0.1, 0.15) is 11.1 Å². The summed E-state index contributed by atoms with van der Waals surface area (Å²) in [6, 6.07) is 19.4. The molecule has 0 bridgehead atoms. The molecule has 0 fully saturated rings. The van der Waals surface area contributed by atoms with Crippen LogP contribution in [0.4, 0.5) is 0 Å². The van der Waals surface area contributed by atoms with E-state index in [4.69, 9.17) is 14.2 Å². The molecule has 0 aliphatic rings. The molecule has 0 spiro atoms. The number of guanidine groups is 1. The van der Waals surface area contributed by atoms with Gasteiger partial charge in [0.25, 0.3) is 0 Å². The normalized spacial score (nSPS) is 10.7. The average Bonchev–Trinajstić information content (AvgIpc) is 2.80. The van der Waals surface area contributed by atoms with Gasteiger partial charge in [-0.25, -0.2) is 9.98 Å². The fourth-order valence-electron chi connectivity index (χ4n) is 2.89. The van der Waals surface area contributed by atoms with Gasteiger partial charge in [0.15, 0.2) is 17.5 Å². The monoisotopic (exact) mass is 548 g/mol. The van der Waals surface area contributed by atoms with Crippen LogP contribution < -0.4 is 19.5 Å². The summed E-state index contributed by atoms with van der Waals surface area (Å²) in [4.78, 5) is 11.1. The number of nitrogens with zero attached hydrogens (tertiary/aromatic N) is 3. The molecule has 1 heterocycles. The number of hydrogen-bond acceptors (Lipinski definition) is 5.